The third-order valence-corrected chi connectivity index (χ3v) is 3.75. The Kier molecular flexibility index (Phi) is 5.70. The van der Waals surface area contributed by atoms with E-state index in [4.69, 9.17) is 9.47 Å². The summed E-state index contributed by atoms with van der Waals surface area (Å²) in [5.41, 5.74) is 0.335. The van der Waals surface area contributed by atoms with Gasteiger partial charge >= 0.3 is 6.09 Å². The van der Waals surface area contributed by atoms with Crippen molar-refractivity contribution in [1.29, 1.82) is 0 Å². The standard InChI is InChI=1S/C18H26N2O4/c1-18(2,3)24-17(22)20-10-9-14(12-20)19-16(21)11-13-7-5-6-8-15(13)23-4/h5-8,14H,9-12H2,1-4H3,(H,19,21)/t14-/m0/s1. The molecule has 1 aromatic carbocycles. The van der Waals surface area contributed by atoms with Gasteiger partial charge in [-0.3, -0.25) is 4.79 Å². The molecule has 1 atom stereocenters. The highest BCUT2D eigenvalue weighted by Gasteiger charge is 2.30. The molecule has 1 fully saturated rings. The van der Waals surface area contributed by atoms with Crippen LogP contribution in [0.4, 0.5) is 4.79 Å². The van der Waals surface area contributed by atoms with Crippen LogP contribution < -0.4 is 10.1 Å². The molecular weight excluding hydrogens is 308 g/mol. The van der Waals surface area contributed by atoms with Gasteiger partial charge in [0.15, 0.2) is 0 Å². The fraction of sp³-hybridized carbons (Fsp3) is 0.556. The van der Waals surface area contributed by atoms with Crippen molar-refractivity contribution in [3.63, 3.8) is 0 Å². The highest BCUT2D eigenvalue weighted by atomic mass is 16.6. The molecule has 1 N–H and O–H groups in total. The average Bonchev–Trinajstić information content (AvgIpc) is 2.94. The number of rotatable bonds is 4. The fourth-order valence-corrected chi connectivity index (χ4v) is 2.67. The summed E-state index contributed by atoms with van der Waals surface area (Å²) in [6.07, 6.45) is 0.660. The summed E-state index contributed by atoms with van der Waals surface area (Å²) in [4.78, 5) is 25.9. The van der Waals surface area contributed by atoms with Crippen molar-refractivity contribution >= 4 is 12.0 Å². The Bertz CT molecular complexity index is 595. The first kappa shape index (κ1) is 18.1. The van der Waals surface area contributed by atoms with E-state index in [9.17, 15) is 9.59 Å². The van der Waals surface area contributed by atoms with E-state index < -0.39 is 5.60 Å². The van der Waals surface area contributed by atoms with Crippen LogP contribution in [-0.2, 0) is 16.0 Å². The summed E-state index contributed by atoms with van der Waals surface area (Å²) >= 11 is 0. The van der Waals surface area contributed by atoms with Gasteiger partial charge in [-0.25, -0.2) is 4.79 Å². The van der Waals surface area contributed by atoms with Crippen molar-refractivity contribution in [2.75, 3.05) is 20.2 Å². The van der Waals surface area contributed by atoms with Gasteiger partial charge in [-0.05, 0) is 33.3 Å². The van der Waals surface area contributed by atoms with Crippen molar-refractivity contribution in [2.24, 2.45) is 0 Å². The number of carbonyl (C=O) groups excluding carboxylic acids is 2. The van der Waals surface area contributed by atoms with Crippen LogP contribution in [0.2, 0.25) is 0 Å². The van der Waals surface area contributed by atoms with Gasteiger partial charge in [0.05, 0.1) is 13.5 Å². The van der Waals surface area contributed by atoms with Crippen molar-refractivity contribution in [3.8, 4) is 5.75 Å². The van der Waals surface area contributed by atoms with Gasteiger partial charge in [0.25, 0.3) is 0 Å². The monoisotopic (exact) mass is 334 g/mol. The predicted molar refractivity (Wildman–Crippen MR) is 91.1 cm³/mol. The Morgan fingerprint density at radius 3 is 2.67 bits per heavy atom. The largest absolute Gasteiger partial charge is 0.496 e. The average molecular weight is 334 g/mol. The van der Waals surface area contributed by atoms with Gasteiger partial charge < -0.3 is 19.7 Å². The van der Waals surface area contributed by atoms with E-state index in [0.29, 0.717) is 18.8 Å². The normalized spacial score (nSPS) is 17.5. The van der Waals surface area contributed by atoms with Gasteiger partial charge in [0, 0.05) is 24.7 Å². The van der Waals surface area contributed by atoms with Crippen LogP contribution >= 0.6 is 0 Å². The van der Waals surface area contributed by atoms with Crippen molar-refractivity contribution < 1.29 is 19.1 Å². The summed E-state index contributed by atoms with van der Waals surface area (Å²) in [7, 11) is 1.59. The smallest absolute Gasteiger partial charge is 0.410 e. The number of ether oxygens (including phenoxy) is 2. The van der Waals surface area contributed by atoms with Gasteiger partial charge in [-0.1, -0.05) is 18.2 Å². The molecule has 0 aliphatic carbocycles. The first-order valence-electron chi connectivity index (χ1n) is 8.17. The molecule has 1 aliphatic heterocycles. The summed E-state index contributed by atoms with van der Waals surface area (Å²) in [5, 5.41) is 2.98. The number of nitrogens with zero attached hydrogens (tertiary/aromatic N) is 1. The second kappa shape index (κ2) is 7.55. The van der Waals surface area contributed by atoms with E-state index in [-0.39, 0.29) is 24.5 Å². The van der Waals surface area contributed by atoms with Crippen molar-refractivity contribution in [2.45, 2.75) is 45.3 Å². The topological polar surface area (TPSA) is 67.9 Å². The third-order valence-electron chi connectivity index (χ3n) is 3.75. The summed E-state index contributed by atoms with van der Waals surface area (Å²) in [6.45, 7) is 6.59. The minimum atomic E-state index is -0.512. The number of hydrogen-bond acceptors (Lipinski definition) is 4. The molecule has 0 bridgehead atoms. The molecule has 0 aromatic heterocycles. The summed E-state index contributed by atoms with van der Waals surface area (Å²) in [6, 6.07) is 7.42. The van der Waals surface area contributed by atoms with Crippen molar-refractivity contribution in [1.82, 2.24) is 10.2 Å². The highest BCUT2D eigenvalue weighted by molar-refractivity contribution is 5.80. The van der Waals surface area contributed by atoms with E-state index in [1.807, 2.05) is 45.0 Å². The number of hydrogen-bond donors (Lipinski definition) is 1. The van der Waals surface area contributed by atoms with Crippen LogP contribution in [0.3, 0.4) is 0 Å². The molecule has 0 spiro atoms. The molecule has 1 aliphatic rings. The number of para-hydroxylation sites is 1. The van der Waals surface area contributed by atoms with Gasteiger partial charge in [0.1, 0.15) is 11.4 Å². The zero-order chi connectivity index (χ0) is 17.7. The zero-order valence-corrected chi connectivity index (χ0v) is 14.8. The second-order valence-corrected chi connectivity index (χ2v) is 6.97. The molecule has 2 amide bonds. The molecule has 0 saturated carbocycles. The molecule has 132 valence electrons. The minimum absolute atomic E-state index is 0.0419. The number of amides is 2. The molecule has 1 heterocycles. The van der Waals surface area contributed by atoms with E-state index >= 15 is 0 Å². The zero-order valence-electron chi connectivity index (χ0n) is 14.8. The number of nitrogens with one attached hydrogen (secondary N) is 1. The third kappa shape index (κ3) is 5.15. The summed E-state index contributed by atoms with van der Waals surface area (Å²) < 4.78 is 10.6. The van der Waals surface area contributed by atoms with Crippen LogP contribution in [0.25, 0.3) is 0 Å². The highest BCUT2D eigenvalue weighted by Crippen LogP contribution is 2.19. The van der Waals surface area contributed by atoms with Crippen LogP contribution in [-0.4, -0.2) is 48.7 Å². The second-order valence-electron chi connectivity index (χ2n) is 6.97. The molecular formula is C18H26N2O4. The molecule has 6 heteroatoms. The van der Waals surface area contributed by atoms with E-state index in [1.165, 1.54) is 0 Å². The first-order valence-corrected chi connectivity index (χ1v) is 8.17. The Hall–Kier alpha value is -2.24. The van der Waals surface area contributed by atoms with Crippen LogP contribution in [0.15, 0.2) is 24.3 Å². The number of likely N-dealkylation sites (tertiary alicyclic amines) is 1. The van der Waals surface area contributed by atoms with E-state index in [2.05, 4.69) is 5.32 Å². The summed E-state index contributed by atoms with van der Waals surface area (Å²) in [5.74, 6) is 0.630. The maximum Gasteiger partial charge on any atom is 0.410 e. The molecule has 0 unspecified atom stereocenters. The molecule has 1 aromatic rings. The molecule has 0 radical (unpaired) electrons. The minimum Gasteiger partial charge on any atom is -0.496 e. The van der Waals surface area contributed by atoms with Crippen LogP contribution in [0.1, 0.15) is 32.8 Å². The Morgan fingerprint density at radius 2 is 2.00 bits per heavy atom. The van der Waals surface area contributed by atoms with Gasteiger partial charge in [-0.15, -0.1) is 0 Å². The molecule has 6 nitrogen and oxygen atoms in total. The Labute approximate surface area is 143 Å². The SMILES string of the molecule is COc1ccccc1CC(=O)N[C@H]1CCN(C(=O)OC(C)(C)C)C1. The lowest BCUT2D eigenvalue weighted by Gasteiger charge is -2.24. The van der Waals surface area contributed by atoms with E-state index in [0.717, 1.165) is 12.0 Å². The lowest BCUT2D eigenvalue weighted by atomic mass is 10.1. The van der Waals surface area contributed by atoms with Gasteiger partial charge in [0.2, 0.25) is 5.91 Å². The van der Waals surface area contributed by atoms with Crippen LogP contribution in [0, 0.1) is 0 Å². The maximum absolute atomic E-state index is 12.2. The molecule has 24 heavy (non-hydrogen) atoms. The first-order chi connectivity index (χ1) is 11.3. The molecule has 1 saturated heterocycles. The molecule has 2 rings (SSSR count). The van der Waals surface area contributed by atoms with Crippen LogP contribution in [0.5, 0.6) is 5.75 Å². The quantitative estimate of drug-likeness (QED) is 0.918. The van der Waals surface area contributed by atoms with Gasteiger partial charge in [-0.2, -0.15) is 0 Å². The van der Waals surface area contributed by atoms with E-state index in [1.54, 1.807) is 12.0 Å². The van der Waals surface area contributed by atoms with Crippen molar-refractivity contribution in [3.05, 3.63) is 29.8 Å². The fourth-order valence-electron chi connectivity index (χ4n) is 2.67. The predicted octanol–water partition coefficient (Wildman–Crippen LogP) is 2.36. The lowest BCUT2D eigenvalue weighted by molar-refractivity contribution is -0.121. The Morgan fingerprint density at radius 1 is 1.29 bits per heavy atom. The lowest BCUT2D eigenvalue weighted by Crippen LogP contribution is -2.40. The maximum atomic E-state index is 12.2. The Balaban J connectivity index is 1.84. The number of benzene rings is 1. The number of carbonyl (C=O) groups is 2. The number of methoxy groups -OCH3 is 1.